The Labute approximate surface area is 135 Å². The summed E-state index contributed by atoms with van der Waals surface area (Å²) in [4.78, 5) is 2.91. The number of nitrogens with zero attached hydrogens (tertiary/aromatic N) is 1. The first kappa shape index (κ1) is 15.8. The number of hydrogen-bond acceptors (Lipinski definition) is 2. The average Bonchev–Trinajstić information content (AvgIpc) is 2.47. The Morgan fingerprint density at radius 3 is 2.40 bits per heavy atom. The minimum Gasteiger partial charge on any atom is -0.389 e. The van der Waals surface area contributed by atoms with Gasteiger partial charge in [-0.15, -0.1) is 0 Å². The summed E-state index contributed by atoms with van der Waals surface area (Å²) in [5.74, 6) is 0. The third kappa shape index (κ3) is 3.17. The van der Waals surface area contributed by atoms with Crippen LogP contribution in [0.5, 0.6) is 0 Å². The van der Waals surface area contributed by atoms with Gasteiger partial charge in [0, 0.05) is 28.8 Å². The van der Waals surface area contributed by atoms with Gasteiger partial charge in [-0.25, -0.2) is 0 Å². The van der Waals surface area contributed by atoms with Gasteiger partial charge >= 0.3 is 0 Å². The van der Waals surface area contributed by atoms with Gasteiger partial charge in [0.15, 0.2) is 0 Å². The van der Waals surface area contributed by atoms with Crippen LogP contribution >= 0.6 is 28.1 Å². The molecule has 0 aliphatic carbocycles. The van der Waals surface area contributed by atoms with Gasteiger partial charge in [-0.05, 0) is 36.5 Å². The smallest absolute Gasteiger partial charge is 0.106 e. The number of anilines is 1. The second-order valence-electron chi connectivity index (χ2n) is 5.72. The van der Waals surface area contributed by atoms with Crippen LogP contribution in [-0.2, 0) is 0 Å². The standard InChI is InChI=1S/C16H23BrN2S/c1-3-16(4-2)7-9-19(10-8-16)14-6-5-12(17)11-13(14)15(18)20/h5-6,11H,3-4,7-10H2,1-2H3,(H2,18,20). The van der Waals surface area contributed by atoms with Crippen LogP contribution in [0.1, 0.15) is 45.1 Å². The van der Waals surface area contributed by atoms with E-state index >= 15 is 0 Å². The van der Waals surface area contributed by atoms with E-state index in [1.54, 1.807) is 0 Å². The third-order valence-electron chi connectivity index (χ3n) is 4.89. The van der Waals surface area contributed by atoms with Crippen molar-refractivity contribution in [3.63, 3.8) is 0 Å². The molecule has 0 unspecified atom stereocenters. The summed E-state index contributed by atoms with van der Waals surface area (Å²) in [5.41, 5.74) is 8.58. The van der Waals surface area contributed by atoms with Gasteiger partial charge < -0.3 is 10.6 Å². The van der Waals surface area contributed by atoms with Gasteiger partial charge in [-0.1, -0.05) is 54.8 Å². The molecule has 1 aliphatic heterocycles. The number of nitrogens with two attached hydrogens (primary N) is 1. The van der Waals surface area contributed by atoms with Gasteiger partial charge in [-0.2, -0.15) is 0 Å². The Bertz CT molecular complexity index is 487. The number of halogens is 1. The zero-order chi connectivity index (χ0) is 14.8. The molecule has 1 aromatic carbocycles. The second kappa shape index (κ2) is 6.44. The molecule has 110 valence electrons. The normalized spacial score (nSPS) is 18.1. The zero-order valence-electron chi connectivity index (χ0n) is 12.3. The van der Waals surface area contributed by atoms with Crippen molar-refractivity contribution in [3.8, 4) is 0 Å². The molecule has 4 heteroatoms. The summed E-state index contributed by atoms with van der Waals surface area (Å²) in [6.07, 6.45) is 5.07. The van der Waals surface area contributed by atoms with Crippen LogP contribution in [0.4, 0.5) is 5.69 Å². The van der Waals surface area contributed by atoms with Gasteiger partial charge in [0.1, 0.15) is 4.99 Å². The highest BCUT2D eigenvalue weighted by molar-refractivity contribution is 9.10. The summed E-state index contributed by atoms with van der Waals surface area (Å²) in [6, 6.07) is 6.22. The minimum absolute atomic E-state index is 0.476. The number of piperidine rings is 1. The monoisotopic (exact) mass is 354 g/mol. The van der Waals surface area contributed by atoms with E-state index in [1.165, 1.54) is 31.4 Å². The van der Waals surface area contributed by atoms with E-state index in [0.29, 0.717) is 10.4 Å². The first-order chi connectivity index (χ1) is 9.51. The Morgan fingerprint density at radius 2 is 1.90 bits per heavy atom. The van der Waals surface area contributed by atoms with Crippen molar-refractivity contribution in [1.29, 1.82) is 0 Å². The Hall–Kier alpha value is -0.610. The van der Waals surface area contributed by atoms with Crippen LogP contribution in [0.3, 0.4) is 0 Å². The molecule has 2 nitrogen and oxygen atoms in total. The van der Waals surface area contributed by atoms with Crippen LogP contribution in [0, 0.1) is 5.41 Å². The molecule has 0 amide bonds. The van der Waals surface area contributed by atoms with E-state index < -0.39 is 0 Å². The molecule has 0 saturated carbocycles. The lowest BCUT2D eigenvalue weighted by Crippen LogP contribution is -2.40. The zero-order valence-corrected chi connectivity index (χ0v) is 14.7. The lowest BCUT2D eigenvalue weighted by Gasteiger charge is -2.42. The van der Waals surface area contributed by atoms with E-state index in [2.05, 4.69) is 46.8 Å². The fraction of sp³-hybridized carbons (Fsp3) is 0.562. The van der Waals surface area contributed by atoms with Crippen LogP contribution in [-0.4, -0.2) is 18.1 Å². The second-order valence-corrected chi connectivity index (χ2v) is 7.08. The molecular weight excluding hydrogens is 332 g/mol. The first-order valence-corrected chi connectivity index (χ1v) is 8.56. The fourth-order valence-electron chi connectivity index (χ4n) is 3.16. The van der Waals surface area contributed by atoms with E-state index in [1.807, 2.05) is 6.07 Å². The van der Waals surface area contributed by atoms with E-state index in [0.717, 1.165) is 23.1 Å². The fourth-order valence-corrected chi connectivity index (χ4v) is 3.69. The highest BCUT2D eigenvalue weighted by Crippen LogP contribution is 2.39. The molecule has 1 aliphatic rings. The maximum Gasteiger partial charge on any atom is 0.106 e. The quantitative estimate of drug-likeness (QED) is 0.807. The van der Waals surface area contributed by atoms with Crippen LogP contribution in [0.25, 0.3) is 0 Å². The van der Waals surface area contributed by atoms with Crippen LogP contribution < -0.4 is 10.6 Å². The summed E-state index contributed by atoms with van der Waals surface area (Å²) < 4.78 is 1.03. The molecule has 1 fully saturated rings. The topological polar surface area (TPSA) is 29.3 Å². The highest BCUT2D eigenvalue weighted by Gasteiger charge is 2.31. The number of benzene rings is 1. The minimum atomic E-state index is 0.476. The predicted octanol–water partition coefficient (Wildman–Crippen LogP) is 4.49. The highest BCUT2D eigenvalue weighted by atomic mass is 79.9. The van der Waals surface area contributed by atoms with E-state index in [4.69, 9.17) is 18.0 Å². The SMILES string of the molecule is CCC1(CC)CCN(c2ccc(Br)cc2C(N)=S)CC1. The van der Waals surface area contributed by atoms with Crippen LogP contribution in [0.15, 0.2) is 22.7 Å². The Kier molecular flexibility index (Phi) is 5.08. The van der Waals surface area contributed by atoms with Crippen molar-refractivity contribution in [2.24, 2.45) is 11.1 Å². The molecule has 1 heterocycles. The number of hydrogen-bond donors (Lipinski definition) is 1. The molecule has 1 saturated heterocycles. The van der Waals surface area contributed by atoms with Gasteiger partial charge in [0.2, 0.25) is 0 Å². The van der Waals surface area contributed by atoms with Crippen LogP contribution in [0.2, 0.25) is 0 Å². The van der Waals surface area contributed by atoms with Crippen molar-refractivity contribution >= 4 is 38.8 Å². The van der Waals surface area contributed by atoms with E-state index in [9.17, 15) is 0 Å². The molecular formula is C16H23BrN2S. The maximum absolute atomic E-state index is 5.88. The summed E-state index contributed by atoms with van der Waals surface area (Å²) in [5, 5.41) is 0. The lowest BCUT2D eigenvalue weighted by molar-refractivity contribution is 0.199. The predicted molar refractivity (Wildman–Crippen MR) is 94.5 cm³/mol. The first-order valence-electron chi connectivity index (χ1n) is 7.35. The van der Waals surface area contributed by atoms with Gasteiger partial charge in [0.25, 0.3) is 0 Å². The maximum atomic E-state index is 5.88. The van der Waals surface area contributed by atoms with Crippen molar-refractivity contribution in [1.82, 2.24) is 0 Å². The number of rotatable bonds is 4. The largest absolute Gasteiger partial charge is 0.389 e. The third-order valence-corrected chi connectivity index (χ3v) is 5.60. The average molecular weight is 355 g/mol. The van der Waals surface area contributed by atoms with Gasteiger partial charge in [0.05, 0.1) is 0 Å². The van der Waals surface area contributed by atoms with Crippen molar-refractivity contribution in [2.75, 3.05) is 18.0 Å². The summed E-state index contributed by atoms with van der Waals surface area (Å²) in [6.45, 7) is 6.83. The molecule has 2 N–H and O–H groups in total. The number of thiocarbonyl (C=S) groups is 1. The molecule has 2 rings (SSSR count). The molecule has 20 heavy (non-hydrogen) atoms. The lowest BCUT2D eigenvalue weighted by atomic mass is 9.74. The molecule has 0 aromatic heterocycles. The summed E-state index contributed by atoms with van der Waals surface area (Å²) in [7, 11) is 0. The molecule has 0 radical (unpaired) electrons. The van der Waals surface area contributed by atoms with Crippen molar-refractivity contribution in [3.05, 3.63) is 28.2 Å². The molecule has 1 aromatic rings. The molecule has 0 atom stereocenters. The van der Waals surface area contributed by atoms with Gasteiger partial charge in [-0.3, -0.25) is 0 Å². The van der Waals surface area contributed by atoms with E-state index in [-0.39, 0.29) is 0 Å². The van der Waals surface area contributed by atoms with Crippen molar-refractivity contribution < 1.29 is 0 Å². The van der Waals surface area contributed by atoms with Crippen molar-refractivity contribution in [2.45, 2.75) is 39.5 Å². The molecule has 0 bridgehead atoms. The Morgan fingerprint density at radius 1 is 1.30 bits per heavy atom. The summed E-state index contributed by atoms with van der Waals surface area (Å²) >= 11 is 8.69. The molecule has 0 spiro atoms. The Balaban J connectivity index is 2.21.